The average molecular weight is 380 g/mol. The van der Waals surface area contributed by atoms with Crippen LogP contribution in [0.15, 0.2) is 36.0 Å². The van der Waals surface area contributed by atoms with Crippen molar-refractivity contribution < 1.29 is 18.0 Å². The third-order valence-electron chi connectivity index (χ3n) is 4.35. The summed E-state index contributed by atoms with van der Waals surface area (Å²) in [5.41, 5.74) is -0.109. The summed E-state index contributed by atoms with van der Waals surface area (Å²) < 4.78 is 38.6. The number of anilines is 1. The first-order valence-corrected chi connectivity index (χ1v) is 8.91. The molecule has 1 aliphatic heterocycles. The number of benzene rings is 1. The zero-order valence-electron chi connectivity index (χ0n) is 15.2. The van der Waals surface area contributed by atoms with Gasteiger partial charge in [-0.3, -0.25) is 4.79 Å². The highest BCUT2D eigenvalue weighted by Crippen LogP contribution is 2.31. The Morgan fingerprint density at radius 1 is 1.30 bits per heavy atom. The SMILES string of the molecule is CCCCNC(=O)/C(C#N)=C/N1CCN(c2cccc(C(F)(F)F)c2)CC1. The molecule has 8 heteroatoms. The summed E-state index contributed by atoms with van der Waals surface area (Å²) in [6.45, 7) is 4.59. The van der Waals surface area contributed by atoms with E-state index in [0.717, 1.165) is 25.0 Å². The smallest absolute Gasteiger partial charge is 0.373 e. The molecule has 2 rings (SSSR count). The summed E-state index contributed by atoms with van der Waals surface area (Å²) >= 11 is 0. The number of amides is 1. The van der Waals surface area contributed by atoms with Crippen molar-refractivity contribution in [2.45, 2.75) is 25.9 Å². The van der Waals surface area contributed by atoms with E-state index in [0.29, 0.717) is 38.4 Å². The van der Waals surface area contributed by atoms with E-state index in [-0.39, 0.29) is 5.57 Å². The molecule has 5 nitrogen and oxygen atoms in total. The maximum atomic E-state index is 12.9. The molecule has 0 spiro atoms. The summed E-state index contributed by atoms with van der Waals surface area (Å²) in [6.07, 6.45) is -1.04. The van der Waals surface area contributed by atoms with Crippen LogP contribution in [0.25, 0.3) is 0 Å². The van der Waals surface area contributed by atoms with Gasteiger partial charge in [0, 0.05) is 44.6 Å². The Balaban J connectivity index is 1.96. The van der Waals surface area contributed by atoms with Gasteiger partial charge < -0.3 is 15.1 Å². The molecule has 1 amide bonds. The monoisotopic (exact) mass is 380 g/mol. The van der Waals surface area contributed by atoms with Gasteiger partial charge in [0.2, 0.25) is 0 Å². The minimum Gasteiger partial charge on any atom is -0.373 e. The first kappa shape index (κ1) is 20.6. The summed E-state index contributed by atoms with van der Waals surface area (Å²) in [4.78, 5) is 15.7. The van der Waals surface area contributed by atoms with Gasteiger partial charge in [-0.25, -0.2) is 0 Å². The summed E-state index contributed by atoms with van der Waals surface area (Å²) in [5, 5.41) is 11.9. The van der Waals surface area contributed by atoms with E-state index in [1.807, 2.05) is 22.8 Å². The molecule has 1 aromatic carbocycles. The van der Waals surface area contributed by atoms with Gasteiger partial charge in [0.25, 0.3) is 5.91 Å². The molecule has 0 aromatic heterocycles. The van der Waals surface area contributed by atoms with Gasteiger partial charge in [-0.15, -0.1) is 0 Å². The zero-order valence-corrected chi connectivity index (χ0v) is 15.2. The largest absolute Gasteiger partial charge is 0.416 e. The third kappa shape index (κ3) is 5.91. The van der Waals surface area contributed by atoms with E-state index in [1.54, 1.807) is 6.07 Å². The Morgan fingerprint density at radius 3 is 2.59 bits per heavy atom. The normalized spacial score (nSPS) is 15.4. The minimum absolute atomic E-state index is 0.0404. The van der Waals surface area contributed by atoms with Crippen LogP contribution in [0.5, 0.6) is 0 Å². The van der Waals surface area contributed by atoms with Crippen LogP contribution in [-0.2, 0) is 11.0 Å². The molecule has 146 valence electrons. The van der Waals surface area contributed by atoms with Gasteiger partial charge in [0.15, 0.2) is 0 Å². The first-order chi connectivity index (χ1) is 12.8. The van der Waals surface area contributed by atoms with Crippen molar-refractivity contribution in [2.75, 3.05) is 37.6 Å². The van der Waals surface area contributed by atoms with E-state index in [1.165, 1.54) is 12.3 Å². The minimum atomic E-state index is -4.37. The number of nitriles is 1. The number of nitrogens with one attached hydrogen (secondary N) is 1. The predicted octanol–water partition coefficient (Wildman–Crippen LogP) is 3.15. The zero-order chi connectivity index (χ0) is 19.9. The van der Waals surface area contributed by atoms with Crippen molar-refractivity contribution in [1.82, 2.24) is 10.2 Å². The standard InChI is InChI=1S/C19H23F3N4O/c1-2-3-7-24-18(27)15(13-23)14-25-8-10-26(11-9-25)17-6-4-5-16(12-17)19(20,21)22/h4-6,12,14H,2-3,7-11H2,1H3,(H,24,27)/b15-14+. The summed E-state index contributed by atoms with van der Waals surface area (Å²) in [5.74, 6) is -0.397. The quantitative estimate of drug-likeness (QED) is 0.468. The van der Waals surface area contributed by atoms with Gasteiger partial charge in [0.1, 0.15) is 11.6 Å². The molecule has 0 saturated carbocycles. The van der Waals surface area contributed by atoms with Crippen molar-refractivity contribution in [2.24, 2.45) is 0 Å². The molecule has 0 radical (unpaired) electrons. The molecular weight excluding hydrogens is 357 g/mol. The summed E-state index contributed by atoms with van der Waals surface area (Å²) in [7, 11) is 0. The van der Waals surface area contributed by atoms with Crippen molar-refractivity contribution in [3.8, 4) is 6.07 Å². The maximum absolute atomic E-state index is 12.9. The lowest BCUT2D eigenvalue weighted by atomic mass is 10.1. The second-order valence-electron chi connectivity index (χ2n) is 6.34. The molecule has 1 aromatic rings. The Morgan fingerprint density at radius 2 is 2.00 bits per heavy atom. The molecule has 1 aliphatic rings. The highest BCUT2D eigenvalue weighted by Gasteiger charge is 2.31. The molecular formula is C19H23F3N4O. The van der Waals surface area contributed by atoms with E-state index < -0.39 is 17.6 Å². The number of piperazine rings is 1. The fourth-order valence-electron chi connectivity index (χ4n) is 2.78. The molecule has 1 N–H and O–H groups in total. The number of rotatable bonds is 6. The highest BCUT2D eigenvalue weighted by atomic mass is 19.4. The van der Waals surface area contributed by atoms with E-state index in [9.17, 15) is 23.2 Å². The molecule has 1 heterocycles. The van der Waals surface area contributed by atoms with Crippen LogP contribution in [0.4, 0.5) is 18.9 Å². The van der Waals surface area contributed by atoms with Crippen LogP contribution < -0.4 is 10.2 Å². The van der Waals surface area contributed by atoms with Crippen molar-refractivity contribution in [3.05, 3.63) is 41.6 Å². The highest BCUT2D eigenvalue weighted by molar-refractivity contribution is 5.97. The van der Waals surface area contributed by atoms with Crippen molar-refractivity contribution in [3.63, 3.8) is 0 Å². The number of nitrogens with zero attached hydrogens (tertiary/aromatic N) is 3. The first-order valence-electron chi connectivity index (χ1n) is 8.91. The van der Waals surface area contributed by atoms with Crippen LogP contribution in [0.3, 0.4) is 0 Å². The second-order valence-corrected chi connectivity index (χ2v) is 6.34. The topological polar surface area (TPSA) is 59.4 Å². The fraction of sp³-hybridized carbons (Fsp3) is 0.474. The number of hydrogen-bond donors (Lipinski definition) is 1. The second kappa shape index (κ2) is 9.31. The number of hydrogen-bond acceptors (Lipinski definition) is 4. The van der Waals surface area contributed by atoms with Gasteiger partial charge >= 0.3 is 6.18 Å². The molecule has 0 aliphatic carbocycles. The average Bonchev–Trinajstić information content (AvgIpc) is 2.66. The Kier molecular flexibility index (Phi) is 7.11. The van der Waals surface area contributed by atoms with Crippen molar-refractivity contribution in [1.29, 1.82) is 5.26 Å². The van der Waals surface area contributed by atoms with Crippen LogP contribution in [0.2, 0.25) is 0 Å². The lowest BCUT2D eigenvalue weighted by molar-refractivity contribution is -0.137. The number of unbranched alkanes of at least 4 members (excludes halogenated alkanes) is 1. The lowest BCUT2D eigenvalue weighted by Gasteiger charge is -2.35. The van der Waals surface area contributed by atoms with Crippen LogP contribution in [0.1, 0.15) is 25.3 Å². The summed E-state index contributed by atoms with van der Waals surface area (Å²) in [6, 6.07) is 7.17. The van der Waals surface area contributed by atoms with Gasteiger partial charge in [0.05, 0.1) is 5.56 Å². The van der Waals surface area contributed by atoms with Crippen LogP contribution >= 0.6 is 0 Å². The van der Waals surface area contributed by atoms with Crippen LogP contribution in [-0.4, -0.2) is 43.5 Å². The molecule has 0 atom stereocenters. The molecule has 0 unspecified atom stereocenters. The number of carbonyl (C=O) groups is 1. The fourth-order valence-corrected chi connectivity index (χ4v) is 2.78. The predicted molar refractivity (Wildman–Crippen MR) is 96.8 cm³/mol. The van der Waals surface area contributed by atoms with E-state index >= 15 is 0 Å². The maximum Gasteiger partial charge on any atom is 0.416 e. The van der Waals surface area contributed by atoms with E-state index in [2.05, 4.69) is 5.32 Å². The molecule has 0 bridgehead atoms. The molecule has 27 heavy (non-hydrogen) atoms. The number of alkyl halides is 3. The lowest BCUT2D eigenvalue weighted by Crippen LogP contribution is -2.44. The Labute approximate surface area is 157 Å². The molecule has 1 saturated heterocycles. The number of halogens is 3. The molecule has 1 fully saturated rings. The van der Waals surface area contributed by atoms with Gasteiger partial charge in [-0.2, -0.15) is 18.4 Å². The van der Waals surface area contributed by atoms with Gasteiger partial charge in [-0.05, 0) is 24.6 Å². The Hall–Kier alpha value is -2.69. The Bertz CT molecular complexity index is 716. The third-order valence-corrected chi connectivity index (χ3v) is 4.35. The van der Waals surface area contributed by atoms with Gasteiger partial charge in [-0.1, -0.05) is 19.4 Å². The van der Waals surface area contributed by atoms with Crippen molar-refractivity contribution >= 4 is 11.6 Å². The van der Waals surface area contributed by atoms with Crippen LogP contribution in [0, 0.1) is 11.3 Å². The number of carbonyl (C=O) groups excluding carboxylic acids is 1. The van der Waals surface area contributed by atoms with E-state index in [4.69, 9.17) is 0 Å².